The Morgan fingerprint density at radius 1 is 1.28 bits per heavy atom. The molecule has 6 nitrogen and oxygen atoms in total. The van der Waals surface area contributed by atoms with Crippen molar-refractivity contribution in [2.24, 2.45) is 10.7 Å². The van der Waals surface area contributed by atoms with Crippen molar-refractivity contribution in [2.75, 3.05) is 0 Å². The Labute approximate surface area is 103 Å². The molecule has 1 atom stereocenters. The third kappa shape index (κ3) is 1.73. The molecule has 0 saturated carbocycles. The van der Waals surface area contributed by atoms with Gasteiger partial charge in [-0.1, -0.05) is 18.2 Å². The predicted molar refractivity (Wildman–Crippen MR) is 66.5 cm³/mol. The number of hydrogen-bond donors (Lipinski definition) is 2. The summed E-state index contributed by atoms with van der Waals surface area (Å²) in [4.78, 5) is 14.7. The number of hydrogen-bond acceptors (Lipinski definition) is 3. The summed E-state index contributed by atoms with van der Waals surface area (Å²) < 4.78 is 1.73. The van der Waals surface area contributed by atoms with Crippen LogP contribution in [0, 0.1) is 0 Å². The number of nitrogens with two attached hydrogens (primary N) is 1. The van der Waals surface area contributed by atoms with E-state index in [0.717, 1.165) is 11.3 Å². The topological polar surface area (TPSA) is 85.3 Å². The number of aliphatic imine (C=N–C) groups is 1. The SMILES string of the molecule is NC1=NC(=O)NC1c1cnn(-c2ccccc2)c1. The van der Waals surface area contributed by atoms with Gasteiger partial charge in [-0.2, -0.15) is 10.1 Å². The maximum absolute atomic E-state index is 11.1. The fraction of sp³-hybridized carbons (Fsp3) is 0.0833. The first-order valence-corrected chi connectivity index (χ1v) is 5.48. The van der Waals surface area contributed by atoms with Gasteiger partial charge in [0.25, 0.3) is 0 Å². The van der Waals surface area contributed by atoms with Crippen LogP contribution in [0.25, 0.3) is 5.69 Å². The first-order chi connectivity index (χ1) is 8.74. The molecule has 2 heterocycles. The molecule has 0 radical (unpaired) electrons. The molecular weight excluding hydrogens is 230 g/mol. The summed E-state index contributed by atoms with van der Waals surface area (Å²) in [6.07, 6.45) is 3.50. The number of carbonyl (C=O) groups excluding carboxylic acids is 1. The lowest BCUT2D eigenvalue weighted by atomic mass is 10.1. The average Bonchev–Trinajstić information content (AvgIpc) is 2.97. The van der Waals surface area contributed by atoms with Crippen molar-refractivity contribution in [1.82, 2.24) is 15.1 Å². The number of rotatable bonds is 2. The van der Waals surface area contributed by atoms with Gasteiger partial charge < -0.3 is 11.1 Å². The second-order valence-electron chi connectivity index (χ2n) is 3.97. The van der Waals surface area contributed by atoms with E-state index in [-0.39, 0.29) is 11.9 Å². The molecule has 0 saturated heterocycles. The number of nitrogens with zero attached hydrogens (tertiary/aromatic N) is 3. The summed E-state index contributed by atoms with van der Waals surface area (Å²) in [6.45, 7) is 0. The summed E-state index contributed by atoms with van der Waals surface area (Å²) in [5.41, 5.74) is 7.44. The number of amides is 2. The van der Waals surface area contributed by atoms with Crippen molar-refractivity contribution in [3.8, 4) is 5.69 Å². The molecular formula is C12H11N5O. The molecule has 1 aliphatic heterocycles. The van der Waals surface area contributed by atoms with Crippen molar-refractivity contribution >= 4 is 11.9 Å². The number of carbonyl (C=O) groups is 1. The number of urea groups is 1. The van der Waals surface area contributed by atoms with Crippen LogP contribution in [0.15, 0.2) is 47.7 Å². The minimum absolute atomic E-state index is 0.271. The van der Waals surface area contributed by atoms with Gasteiger partial charge in [-0.05, 0) is 12.1 Å². The van der Waals surface area contributed by atoms with Crippen molar-refractivity contribution in [2.45, 2.75) is 6.04 Å². The lowest BCUT2D eigenvalue weighted by Crippen LogP contribution is -2.27. The number of benzene rings is 1. The van der Waals surface area contributed by atoms with Gasteiger partial charge in [0.1, 0.15) is 11.9 Å². The van der Waals surface area contributed by atoms with Gasteiger partial charge in [-0.3, -0.25) is 0 Å². The van der Waals surface area contributed by atoms with E-state index in [2.05, 4.69) is 15.4 Å². The van der Waals surface area contributed by atoms with Crippen molar-refractivity contribution in [1.29, 1.82) is 0 Å². The van der Waals surface area contributed by atoms with Crippen LogP contribution in [0.1, 0.15) is 11.6 Å². The van der Waals surface area contributed by atoms with E-state index in [4.69, 9.17) is 5.73 Å². The van der Waals surface area contributed by atoms with Crippen molar-refractivity contribution < 1.29 is 4.79 Å². The molecule has 2 amide bonds. The Morgan fingerprint density at radius 3 is 2.72 bits per heavy atom. The van der Waals surface area contributed by atoms with E-state index in [9.17, 15) is 4.79 Å². The molecule has 1 aromatic carbocycles. The third-order valence-electron chi connectivity index (χ3n) is 2.75. The van der Waals surface area contributed by atoms with Gasteiger partial charge in [0, 0.05) is 11.8 Å². The van der Waals surface area contributed by atoms with Crippen LogP contribution in [0.4, 0.5) is 4.79 Å². The second kappa shape index (κ2) is 3.99. The van der Waals surface area contributed by atoms with Gasteiger partial charge in [0.05, 0.1) is 11.9 Å². The monoisotopic (exact) mass is 241 g/mol. The maximum atomic E-state index is 11.1. The Balaban J connectivity index is 1.91. The van der Waals surface area contributed by atoms with Crippen LogP contribution in [0.3, 0.4) is 0 Å². The lowest BCUT2D eigenvalue weighted by Gasteiger charge is -2.06. The zero-order valence-corrected chi connectivity index (χ0v) is 9.45. The van der Waals surface area contributed by atoms with E-state index in [1.807, 2.05) is 36.5 Å². The van der Waals surface area contributed by atoms with E-state index >= 15 is 0 Å². The largest absolute Gasteiger partial charge is 0.385 e. The van der Waals surface area contributed by atoms with Gasteiger partial charge in [-0.25, -0.2) is 9.48 Å². The summed E-state index contributed by atoms with van der Waals surface area (Å²) in [7, 11) is 0. The van der Waals surface area contributed by atoms with E-state index in [0.29, 0.717) is 0 Å². The molecule has 0 aliphatic carbocycles. The Kier molecular flexibility index (Phi) is 2.33. The summed E-state index contributed by atoms with van der Waals surface area (Å²) in [5, 5.41) is 6.91. The summed E-state index contributed by atoms with van der Waals surface area (Å²) in [5.74, 6) is 0.271. The summed E-state index contributed by atoms with van der Waals surface area (Å²) >= 11 is 0. The molecule has 1 aliphatic rings. The summed E-state index contributed by atoms with van der Waals surface area (Å²) in [6, 6.07) is 8.91. The lowest BCUT2D eigenvalue weighted by molar-refractivity contribution is 0.250. The van der Waals surface area contributed by atoms with Crippen LogP contribution in [-0.2, 0) is 0 Å². The normalized spacial score (nSPS) is 18.6. The van der Waals surface area contributed by atoms with Crippen molar-refractivity contribution in [3.63, 3.8) is 0 Å². The fourth-order valence-corrected chi connectivity index (χ4v) is 1.87. The smallest absolute Gasteiger partial charge is 0.343 e. The highest BCUT2D eigenvalue weighted by molar-refractivity contribution is 6.03. The minimum Gasteiger partial charge on any atom is -0.385 e. The quantitative estimate of drug-likeness (QED) is 0.822. The van der Waals surface area contributed by atoms with Gasteiger partial charge >= 0.3 is 6.03 Å². The highest BCUT2D eigenvalue weighted by Gasteiger charge is 2.26. The molecule has 0 fully saturated rings. The highest BCUT2D eigenvalue weighted by atomic mass is 16.2. The molecule has 0 spiro atoms. The first-order valence-electron chi connectivity index (χ1n) is 5.48. The van der Waals surface area contributed by atoms with Crippen LogP contribution < -0.4 is 11.1 Å². The fourth-order valence-electron chi connectivity index (χ4n) is 1.87. The second-order valence-corrected chi connectivity index (χ2v) is 3.97. The first kappa shape index (κ1) is 10.5. The molecule has 90 valence electrons. The third-order valence-corrected chi connectivity index (χ3v) is 2.75. The molecule has 3 rings (SSSR count). The van der Waals surface area contributed by atoms with Crippen molar-refractivity contribution in [3.05, 3.63) is 48.3 Å². The molecule has 18 heavy (non-hydrogen) atoms. The zero-order chi connectivity index (χ0) is 12.5. The Bertz CT molecular complexity index is 616. The van der Waals surface area contributed by atoms with Crippen LogP contribution in [-0.4, -0.2) is 21.6 Å². The van der Waals surface area contributed by atoms with Gasteiger partial charge in [-0.15, -0.1) is 0 Å². The Hall–Kier alpha value is -2.63. The Morgan fingerprint density at radius 2 is 2.06 bits per heavy atom. The van der Waals surface area contributed by atoms with E-state index in [1.165, 1.54) is 0 Å². The van der Waals surface area contributed by atoms with Crippen LogP contribution in [0.5, 0.6) is 0 Å². The molecule has 0 bridgehead atoms. The molecule has 2 aromatic rings. The van der Waals surface area contributed by atoms with E-state index in [1.54, 1.807) is 10.9 Å². The molecule has 1 unspecified atom stereocenters. The predicted octanol–water partition coefficient (Wildman–Crippen LogP) is 0.994. The number of amidine groups is 1. The maximum Gasteiger partial charge on any atom is 0.343 e. The highest BCUT2D eigenvalue weighted by Crippen LogP contribution is 2.18. The standard InChI is InChI=1S/C12H11N5O/c13-11-10(15-12(18)16-11)8-6-14-17(7-8)9-4-2-1-3-5-9/h1-7,10H,(H3,13,15,16,18). The number of aromatic nitrogens is 2. The molecule has 1 aromatic heterocycles. The van der Waals surface area contributed by atoms with Crippen LogP contribution >= 0.6 is 0 Å². The van der Waals surface area contributed by atoms with Crippen LogP contribution in [0.2, 0.25) is 0 Å². The molecule has 3 N–H and O–H groups in total. The number of nitrogens with one attached hydrogen (secondary N) is 1. The average molecular weight is 241 g/mol. The number of para-hydroxylation sites is 1. The van der Waals surface area contributed by atoms with E-state index < -0.39 is 6.03 Å². The minimum atomic E-state index is -0.412. The molecule has 6 heteroatoms. The van der Waals surface area contributed by atoms with Gasteiger partial charge in [0.15, 0.2) is 0 Å². The zero-order valence-electron chi connectivity index (χ0n) is 9.45. The van der Waals surface area contributed by atoms with Gasteiger partial charge in [0.2, 0.25) is 0 Å².